The second-order valence-electron chi connectivity index (χ2n) is 3.40. The highest BCUT2D eigenvalue weighted by atomic mass is 35.5. The monoisotopic (exact) mass is 241 g/mol. The number of nitrogens with zero attached hydrogens (tertiary/aromatic N) is 3. The zero-order valence-electron chi connectivity index (χ0n) is 8.70. The van der Waals surface area contributed by atoms with Crippen LogP contribution >= 0.6 is 22.9 Å². The Labute approximate surface area is 97.7 Å². The van der Waals surface area contributed by atoms with Gasteiger partial charge in [0.1, 0.15) is 5.82 Å². The summed E-state index contributed by atoms with van der Waals surface area (Å²) in [6, 6.07) is 0. The van der Waals surface area contributed by atoms with Crippen LogP contribution in [0, 0.1) is 6.92 Å². The molecular weight excluding hydrogens is 230 g/mol. The van der Waals surface area contributed by atoms with Crippen molar-refractivity contribution in [1.29, 1.82) is 0 Å². The molecule has 2 rings (SSSR count). The second kappa shape index (κ2) is 4.33. The number of aromatic nitrogens is 3. The fourth-order valence-electron chi connectivity index (χ4n) is 1.45. The average Bonchev–Trinajstić information content (AvgIpc) is 2.77. The molecule has 0 spiro atoms. The Kier molecular flexibility index (Phi) is 3.07. The Morgan fingerprint density at radius 3 is 2.80 bits per heavy atom. The summed E-state index contributed by atoms with van der Waals surface area (Å²) >= 11 is 7.70. The lowest BCUT2D eigenvalue weighted by molar-refractivity contribution is 0.732. The molecule has 80 valence electrons. The molecule has 0 saturated carbocycles. The van der Waals surface area contributed by atoms with Gasteiger partial charge < -0.3 is 0 Å². The summed E-state index contributed by atoms with van der Waals surface area (Å²) in [6.07, 6.45) is 0.850. The van der Waals surface area contributed by atoms with Gasteiger partial charge in [0.25, 0.3) is 0 Å². The molecule has 0 aliphatic carbocycles. The van der Waals surface area contributed by atoms with Crippen molar-refractivity contribution >= 4 is 22.9 Å². The quantitative estimate of drug-likeness (QED) is 0.827. The molecule has 2 aromatic heterocycles. The van der Waals surface area contributed by atoms with Crippen molar-refractivity contribution in [2.75, 3.05) is 0 Å². The van der Waals surface area contributed by atoms with Crippen LogP contribution in [-0.4, -0.2) is 14.8 Å². The van der Waals surface area contributed by atoms with Gasteiger partial charge in [-0.15, -0.1) is 10.2 Å². The molecular formula is C10H12ClN3S. The highest BCUT2D eigenvalue weighted by Gasteiger charge is 2.10. The van der Waals surface area contributed by atoms with Crippen LogP contribution in [0.3, 0.4) is 0 Å². The van der Waals surface area contributed by atoms with E-state index >= 15 is 0 Å². The zero-order valence-corrected chi connectivity index (χ0v) is 10.3. The summed E-state index contributed by atoms with van der Waals surface area (Å²) in [5.74, 6) is 0.936. The van der Waals surface area contributed by atoms with Crippen molar-refractivity contribution in [2.24, 2.45) is 0 Å². The van der Waals surface area contributed by atoms with Gasteiger partial charge in [0.05, 0.1) is 6.54 Å². The molecule has 0 amide bonds. The lowest BCUT2D eigenvalue weighted by Gasteiger charge is -2.05. The molecule has 0 fully saturated rings. The molecule has 0 bridgehead atoms. The minimum absolute atomic E-state index is 0.470. The highest BCUT2D eigenvalue weighted by Crippen LogP contribution is 2.18. The number of halogens is 1. The number of hydrogen-bond donors (Lipinski definition) is 0. The maximum atomic E-state index is 5.99. The number of rotatable bonds is 3. The molecule has 2 heterocycles. The summed E-state index contributed by atoms with van der Waals surface area (Å²) in [7, 11) is 0. The first-order valence-corrected chi connectivity index (χ1v) is 6.13. The standard InChI is InChI=1S/C10H12ClN3S/c1-3-9-12-13-10(11)14(9)4-8-6-15-5-7(8)2/h5-6H,3-4H2,1-2H3. The SMILES string of the molecule is CCc1nnc(Cl)n1Cc1cscc1C. The molecule has 0 saturated heterocycles. The largest absolute Gasteiger partial charge is 0.297 e. The third kappa shape index (κ3) is 2.06. The third-order valence-electron chi connectivity index (χ3n) is 2.39. The van der Waals surface area contributed by atoms with E-state index in [1.807, 2.05) is 4.57 Å². The molecule has 0 aromatic carbocycles. The third-order valence-corrected chi connectivity index (χ3v) is 3.58. The summed E-state index contributed by atoms with van der Waals surface area (Å²) in [5.41, 5.74) is 2.59. The van der Waals surface area contributed by atoms with Crippen LogP contribution in [0.5, 0.6) is 0 Å². The molecule has 0 radical (unpaired) electrons. The van der Waals surface area contributed by atoms with Crippen LogP contribution in [-0.2, 0) is 13.0 Å². The fraction of sp³-hybridized carbons (Fsp3) is 0.400. The van der Waals surface area contributed by atoms with Crippen LogP contribution in [0.4, 0.5) is 0 Å². The van der Waals surface area contributed by atoms with E-state index in [9.17, 15) is 0 Å². The average molecular weight is 242 g/mol. The molecule has 5 heteroatoms. The fourth-order valence-corrected chi connectivity index (χ4v) is 2.49. The van der Waals surface area contributed by atoms with Crippen LogP contribution in [0.15, 0.2) is 10.8 Å². The Morgan fingerprint density at radius 1 is 1.40 bits per heavy atom. The van der Waals surface area contributed by atoms with Crippen LogP contribution in [0.2, 0.25) is 5.28 Å². The van der Waals surface area contributed by atoms with Gasteiger partial charge in [-0.3, -0.25) is 4.57 Å². The van der Waals surface area contributed by atoms with E-state index in [0.29, 0.717) is 5.28 Å². The van der Waals surface area contributed by atoms with Gasteiger partial charge in [-0.2, -0.15) is 11.3 Å². The van der Waals surface area contributed by atoms with E-state index in [1.54, 1.807) is 11.3 Å². The van der Waals surface area contributed by atoms with Gasteiger partial charge in [0.2, 0.25) is 5.28 Å². The molecule has 15 heavy (non-hydrogen) atoms. The summed E-state index contributed by atoms with van der Waals surface area (Å²) < 4.78 is 1.95. The van der Waals surface area contributed by atoms with Crippen molar-refractivity contribution in [3.63, 3.8) is 0 Å². The first kappa shape index (κ1) is 10.6. The predicted octanol–water partition coefficient (Wildman–Crippen LogP) is 2.91. The van der Waals surface area contributed by atoms with Gasteiger partial charge in [0, 0.05) is 6.42 Å². The molecule has 0 aliphatic heterocycles. The second-order valence-corrected chi connectivity index (χ2v) is 4.49. The van der Waals surface area contributed by atoms with E-state index in [0.717, 1.165) is 18.8 Å². The molecule has 0 unspecified atom stereocenters. The normalized spacial score (nSPS) is 10.9. The number of thiophene rings is 1. The summed E-state index contributed by atoms with van der Waals surface area (Å²) in [6.45, 7) is 4.93. The Bertz CT molecular complexity index is 461. The van der Waals surface area contributed by atoms with Crippen molar-refractivity contribution in [2.45, 2.75) is 26.8 Å². The van der Waals surface area contributed by atoms with Crippen molar-refractivity contribution in [1.82, 2.24) is 14.8 Å². The van der Waals surface area contributed by atoms with Crippen molar-refractivity contribution in [3.8, 4) is 0 Å². The number of hydrogen-bond acceptors (Lipinski definition) is 3. The van der Waals surface area contributed by atoms with E-state index in [4.69, 9.17) is 11.6 Å². The first-order chi connectivity index (χ1) is 7.22. The molecule has 0 N–H and O–H groups in total. The minimum atomic E-state index is 0.470. The van der Waals surface area contributed by atoms with Gasteiger partial charge in [-0.25, -0.2) is 0 Å². The zero-order chi connectivity index (χ0) is 10.8. The van der Waals surface area contributed by atoms with Gasteiger partial charge in [0.15, 0.2) is 0 Å². The van der Waals surface area contributed by atoms with Crippen LogP contribution < -0.4 is 0 Å². The summed E-state index contributed by atoms with van der Waals surface area (Å²) in [4.78, 5) is 0. The van der Waals surface area contributed by atoms with Gasteiger partial charge >= 0.3 is 0 Å². The maximum absolute atomic E-state index is 5.99. The first-order valence-electron chi connectivity index (χ1n) is 4.81. The summed E-state index contributed by atoms with van der Waals surface area (Å²) in [5, 5.41) is 12.7. The van der Waals surface area contributed by atoms with E-state index < -0.39 is 0 Å². The highest BCUT2D eigenvalue weighted by molar-refractivity contribution is 7.08. The lowest BCUT2D eigenvalue weighted by atomic mass is 10.2. The van der Waals surface area contributed by atoms with Gasteiger partial charge in [-0.1, -0.05) is 6.92 Å². The Balaban J connectivity index is 2.31. The molecule has 0 aliphatic rings. The minimum Gasteiger partial charge on any atom is -0.297 e. The predicted molar refractivity (Wildman–Crippen MR) is 62.6 cm³/mol. The topological polar surface area (TPSA) is 30.7 Å². The molecule has 0 atom stereocenters. The molecule has 3 nitrogen and oxygen atoms in total. The molecule has 2 aromatic rings. The van der Waals surface area contributed by atoms with Crippen LogP contribution in [0.1, 0.15) is 23.9 Å². The van der Waals surface area contributed by atoms with Crippen molar-refractivity contribution in [3.05, 3.63) is 33.0 Å². The number of aryl methyl sites for hydroxylation is 2. The van der Waals surface area contributed by atoms with E-state index in [2.05, 4.69) is 34.8 Å². The van der Waals surface area contributed by atoms with E-state index in [1.165, 1.54) is 11.1 Å². The Morgan fingerprint density at radius 2 is 2.20 bits per heavy atom. The smallest absolute Gasteiger partial charge is 0.225 e. The van der Waals surface area contributed by atoms with Crippen LogP contribution in [0.25, 0.3) is 0 Å². The Hall–Kier alpha value is -0.870. The van der Waals surface area contributed by atoms with Gasteiger partial charge in [-0.05, 0) is 40.4 Å². The maximum Gasteiger partial charge on any atom is 0.225 e. The van der Waals surface area contributed by atoms with E-state index in [-0.39, 0.29) is 0 Å². The van der Waals surface area contributed by atoms with Crippen molar-refractivity contribution < 1.29 is 0 Å². The lowest BCUT2D eigenvalue weighted by Crippen LogP contribution is -2.04.